The van der Waals surface area contributed by atoms with Crippen LogP contribution in [0.25, 0.3) is 5.65 Å². The molecule has 6 nitrogen and oxygen atoms in total. The van der Waals surface area contributed by atoms with Crippen molar-refractivity contribution in [2.24, 2.45) is 0 Å². The Balaban J connectivity index is 2.14. The standard InChI is InChI=1S/C16H13Cl2N3O3/c1-2-24-16(23)14-10(7-9-3-4-11(17)12(18)8-9)15(22)21-13(20-14)5-6-19-21/h3-6,8,19H,2,7H2,1H3. The van der Waals surface area contributed by atoms with E-state index < -0.39 is 5.97 Å². The summed E-state index contributed by atoms with van der Waals surface area (Å²) in [4.78, 5) is 29.2. The quantitative estimate of drug-likeness (QED) is 0.720. The number of H-pyrrole nitrogens is 1. The van der Waals surface area contributed by atoms with E-state index in [1.54, 1.807) is 37.4 Å². The molecule has 8 heteroatoms. The number of ether oxygens (including phenoxy) is 1. The molecule has 0 fully saturated rings. The van der Waals surface area contributed by atoms with E-state index in [2.05, 4.69) is 10.1 Å². The maximum Gasteiger partial charge on any atom is 0.357 e. The summed E-state index contributed by atoms with van der Waals surface area (Å²) >= 11 is 11.9. The van der Waals surface area contributed by atoms with Gasteiger partial charge < -0.3 is 4.74 Å². The van der Waals surface area contributed by atoms with E-state index in [-0.39, 0.29) is 29.8 Å². The normalized spacial score (nSPS) is 11.0. The van der Waals surface area contributed by atoms with Gasteiger partial charge in [0.1, 0.15) is 0 Å². The van der Waals surface area contributed by atoms with E-state index in [9.17, 15) is 9.59 Å². The van der Waals surface area contributed by atoms with Gasteiger partial charge in [-0.3, -0.25) is 9.89 Å². The van der Waals surface area contributed by atoms with Crippen LogP contribution in [0.1, 0.15) is 28.5 Å². The first-order valence-electron chi connectivity index (χ1n) is 7.21. The fraction of sp³-hybridized carbons (Fsp3) is 0.188. The minimum absolute atomic E-state index is 0.00697. The van der Waals surface area contributed by atoms with Crippen LogP contribution in [-0.4, -0.2) is 27.2 Å². The largest absolute Gasteiger partial charge is 0.461 e. The van der Waals surface area contributed by atoms with Crippen molar-refractivity contribution in [2.75, 3.05) is 6.61 Å². The molecule has 0 bridgehead atoms. The van der Waals surface area contributed by atoms with Gasteiger partial charge in [-0.1, -0.05) is 29.3 Å². The lowest BCUT2D eigenvalue weighted by atomic mass is 10.0. The molecule has 0 saturated heterocycles. The smallest absolute Gasteiger partial charge is 0.357 e. The van der Waals surface area contributed by atoms with E-state index in [0.29, 0.717) is 15.7 Å². The van der Waals surface area contributed by atoms with Crippen molar-refractivity contribution in [1.29, 1.82) is 0 Å². The zero-order valence-corrected chi connectivity index (χ0v) is 14.2. The van der Waals surface area contributed by atoms with E-state index >= 15 is 0 Å². The molecule has 0 aliphatic rings. The van der Waals surface area contributed by atoms with Crippen LogP contribution >= 0.6 is 23.2 Å². The first kappa shape index (κ1) is 16.5. The Kier molecular flexibility index (Phi) is 4.59. The Morgan fingerprint density at radius 2 is 2.08 bits per heavy atom. The second kappa shape index (κ2) is 6.67. The monoisotopic (exact) mass is 365 g/mol. The summed E-state index contributed by atoms with van der Waals surface area (Å²) in [6.45, 7) is 1.89. The summed E-state index contributed by atoms with van der Waals surface area (Å²) in [5.41, 5.74) is 0.958. The first-order valence-corrected chi connectivity index (χ1v) is 7.97. The van der Waals surface area contributed by atoms with E-state index in [1.165, 1.54) is 4.52 Å². The lowest BCUT2D eigenvalue weighted by Gasteiger charge is -2.09. The van der Waals surface area contributed by atoms with Crippen LogP contribution in [0.15, 0.2) is 35.3 Å². The minimum Gasteiger partial charge on any atom is -0.461 e. The van der Waals surface area contributed by atoms with Crippen LogP contribution in [-0.2, 0) is 11.2 Å². The number of aromatic amines is 1. The predicted molar refractivity (Wildman–Crippen MR) is 91.0 cm³/mol. The van der Waals surface area contributed by atoms with Gasteiger partial charge in [-0.15, -0.1) is 0 Å². The summed E-state index contributed by atoms with van der Waals surface area (Å²) in [6.07, 6.45) is 1.75. The van der Waals surface area contributed by atoms with Crippen LogP contribution in [0.2, 0.25) is 10.0 Å². The number of halogens is 2. The number of nitrogens with zero attached hydrogens (tertiary/aromatic N) is 2. The third kappa shape index (κ3) is 3.02. The molecule has 0 amide bonds. The number of aromatic nitrogens is 3. The fourth-order valence-electron chi connectivity index (χ4n) is 2.38. The maximum atomic E-state index is 12.7. The van der Waals surface area contributed by atoms with Crippen molar-refractivity contribution < 1.29 is 9.53 Å². The Hall–Kier alpha value is -2.31. The zero-order valence-electron chi connectivity index (χ0n) is 12.7. The average molecular weight is 366 g/mol. The van der Waals surface area contributed by atoms with Crippen LogP contribution in [0.5, 0.6) is 0 Å². The van der Waals surface area contributed by atoms with E-state index in [4.69, 9.17) is 27.9 Å². The summed E-state index contributed by atoms with van der Waals surface area (Å²) < 4.78 is 6.30. The molecule has 24 heavy (non-hydrogen) atoms. The number of carbonyl (C=O) groups excluding carboxylic acids is 1. The van der Waals surface area contributed by atoms with Gasteiger partial charge in [0, 0.05) is 18.7 Å². The van der Waals surface area contributed by atoms with Crippen molar-refractivity contribution in [3.05, 3.63) is 67.7 Å². The van der Waals surface area contributed by atoms with Gasteiger partial charge in [0.05, 0.1) is 22.2 Å². The summed E-state index contributed by atoms with van der Waals surface area (Å²) in [7, 11) is 0. The Morgan fingerprint density at radius 3 is 2.79 bits per heavy atom. The number of esters is 1. The van der Waals surface area contributed by atoms with Gasteiger partial charge in [-0.25, -0.2) is 14.3 Å². The van der Waals surface area contributed by atoms with Gasteiger partial charge in [0.25, 0.3) is 5.56 Å². The lowest BCUT2D eigenvalue weighted by molar-refractivity contribution is 0.0518. The molecule has 3 aromatic rings. The number of fused-ring (bicyclic) bond motifs is 1. The zero-order chi connectivity index (χ0) is 17.3. The Bertz CT molecular complexity index is 978. The highest BCUT2D eigenvalue weighted by molar-refractivity contribution is 6.42. The predicted octanol–water partition coefficient (Wildman–Crippen LogP) is 3.10. The summed E-state index contributed by atoms with van der Waals surface area (Å²) in [6, 6.07) is 6.64. The van der Waals surface area contributed by atoms with Crippen molar-refractivity contribution in [1.82, 2.24) is 14.6 Å². The lowest BCUT2D eigenvalue weighted by Crippen LogP contribution is -2.26. The molecule has 124 valence electrons. The van der Waals surface area contributed by atoms with Crippen molar-refractivity contribution in [3.8, 4) is 0 Å². The Morgan fingerprint density at radius 1 is 1.29 bits per heavy atom. The highest BCUT2D eigenvalue weighted by atomic mass is 35.5. The summed E-state index contributed by atoms with van der Waals surface area (Å²) in [5.74, 6) is -0.631. The van der Waals surface area contributed by atoms with Gasteiger partial charge in [-0.2, -0.15) is 0 Å². The van der Waals surface area contributed by atoms with Crippen LogP contribution in [0, 0.1) is 0 Å². The molecule has 2 aromatic heterocycles. The third-order valence-electron chi connectivity index (χ3n) is 3.47. The van der Waals surface area contributed by atoms with Crippen molar-refractivity contribution in [2.45, 2.75) is 13.3 Å². The molecular formula is C16H13Cl2N3O3. The number of rotatable bonds is 4. The second-order valence-electron chi connectivity index (χ2n) is 5.05. The molecule has 1 aromatic carbocycles. The highest BCUT2D eigenvalue weighted by Crippen LogP contribution is 2.24. The molecule has 0 atom stereocenters. The molecule has 0 unspecified atom stereocenters. The fourth-order valence-corrected chi connectivity index (χ4v) is 2.70. The van der Waals surface area contributed by atoms with Gasteiger partial charge in [-0.05, 0) is 24.6 Å². The van der Waals surface area contributed by atoms with E-state index in [1.807, 2.05) is 0 Å². The molecule has 0 spiro atoms. The van der Waals surface area contributed by atoms with Gasteiger partial charge >= 0.3 is 5.97 Å². The Labute approximate surface area is 147 Å². The van der Waals surface area contributed by atoms with Crippen molar-refractivity contribution >= 4 is 34.8 Å². The average Bonchev–Trinajstić information content (AvgIpc) is 3.02. The molecular weight excluding hydrogens is 353 g/mol. The number of hydrogen-bond donors (Lipinski definition) is 1. The molecule has 0 radical (unpaired) electrons. The number of nitrogens with one attached hydrogen (secondary N) is 1. The highest BCUT2D eigenvalue weighted by Gasteiger charge is 2.21. The molecule has 0 aliphatic heterocycles. The van der Waals surface area contributed by atoms with Gasteiger partial charge in [0.2, 0.25) is 0 Å². The second-order valence-corrected chi connectivity index (χ2v) is 5.86. The van der Waals surface area contributed by atoms with Crippen LogP contribution in [0.3, 0.4) is 0 Å². The number of benzene rings is 1. The van der Waals surface area contributed by atoms with E-state index in [0.717, 1.165) is 5.56 Å². The SMILES string of the molecule is CCOC(=O)c1nc2cc[nH]n2c(=O)c1Cc1ccc(Cl)c(Cl)c1. The van der Waals surface area contributed by atoms with Crippen LogP contribution < -0.4 is 5.56 Å². The molecule has 0 aliphatic carbocycles. The molecule has 3 rings (SSSR count). The molecule has 1 N–H and O–H groups in total. The first-order chi connectivity index (χ1) is 11.5. The van der Waals surface area contributed by atoms with Gasteiger partial charge in [0.15, 0.2) is 11.3 Å². The number of hydrogen-bond acceptors (Lipinski definition) is 4. The molecule has 2 heterocycles. The number of carbonyl (C=O) groups is 1. The van der Waals surface area contributed by atoms with Crippen LogP contribution in [0.4, 0.5) is 0 Å². The minimum atomic E-state index is -0.631. The summed E-state index contributed by atoms with van der Waals surface area (Å²) in [5, 5.41) is 3.57. The third-order valence-corrected chi connectivity index (χ3v) is 4.21. The molecule has 0 saturated carbocycles. The van der Waals surface area contributed by atoms with Crippen molar-refractivity contribution in [3.63, 3.8) is 0 Å². The maximum absolute atomic E-state index is 12.7. The topological polar surface area (TPSA) is 76.5 Å².